The van der Waals surface area contributed by atoms with Gasteiger partial charge in [-0.05, 0) is 36.2 Å². The van der Waals surface area contributed by atoms with Gasteiger partial charge in [0.1, 0.15) is 4.90 Å². The van der Waals surface area contributed by atoms with E-state index in [-0.39, 0.29) is 9.92 Å². The van der Waals surface area contributed by atoms with Gasteiger partial charge in [0.2, 0.25) is 0 Å². The number of anilines is 1. The molecule has 0 bridgehead atoms. The van der Waals surface area contributed by atoms with Crippen LogP contribution in [0.1, 0.15) is 12.5 Å². The zero-order valence-corrected chi connectivity index (χ0v) is 12.0. The van der Waals surface area contributed by atoms with Crippen molar-refractivity contribution in [2.45, 2.75) is 18.2 Å². The van der Waals surface area contributed by atoms with Crippen LogP contribution in [-0.2, 0) is 16.4 Å². The van der Waals surface area contributed by atoms with Crippen LogP contribution in [0.25, 0.3) is 0 Å². The molecule has 19 heavy (non-hydrogen) atoms. The lowest BCUT2D eigenvalue weighted by Gasteiger charge is -2.10. The highest BCUT2D eigenvalue weighted by Crippen LogP contribution is 2.25. The highest BCUT2D eigenvalue weighted by molar-refractivity contribution is 7.92. The van der Waals surface area contributed by atoms with Crippen LogP contribution >= 0.6 is 11.6 Å². The number of aryl methyl sites for hydroxylation is 1. The number of hydrogen-bond acceptors (Lipinski definition) is 2. The minimum atomic E-state index is -3.65. The van der Waals surface area contributed by atoms with Gasteiger partial charge in [0.15, 0.2) is 0 Å². The fraction of sp³-hybridized carbons (Fsp3) is 0.143. The van der Waals surface area contributed by atoms with E-state index in [9.17, 15) is 8.42 Å². The number of benzene rings is 2. The molecular formula is C14H14ClNO2S. The molecular weight excluding hydrogens is 282 g/mol. The largest absolute Gasteiger partial charge is 0.280 e. The van der Waals surface area contributed by atoms with Crippen LogP contribution in [0.5, 0.6) is 0 Å². The average Bonchev–Trinajstić information content (AvgIpc) is 2.38. The van der Waals surface area contributed by atoms with Crippen molar-refractivity contribution in [1.29, 1.82) is 0 Å². The monoisotopic (exact) mass is 295 g/mol. The minimum absolute atomic E-state index is 0.0928. The molecule has 0 saturated heterocycles. The first-order valence-corrected chi connectivity index (χ1v) is 7.75. The fourth-order valence-electron chi connectivity index (χ4n) is 1.70. The minimum Gasteiger partial charge on any atom is -0.280 e. The van der Waals surface area contributed by atoms with Gasteiger partial charge in [-0.3, -0.25) is 4.72 Å². The second kappa shape index (κ2) is 5.63. The lowest BCUT2D eigenvalue weighted by molar-refractivity contribution is 0.601. The Labute approximate surface area is 118 Å². The van der Waals surface area contributed by atoms with E-state index in [0.717, 1.165) is 12.0 Å². The van der Waals surface area contributed by atoms with E-state index < -0.39 is 10.0 Å². The summed E-state index contributed by atoms with van der Waals surface area (Å²) in [7, 11) is -3.65. The van der Waals surface area contributed by atoms with E-state index in [4.69, 9.17) is 11.6 Å². The molecule has 2 aromatic rings. The molecule has 0 radical (unpaired) electrons. The Morgan fingerprint density at radius 2 is 1.79 bits per heavy atom. The Bertz CT molecular complexity index is 669. The normalized spacial score (nSPS) is 11.3. The number of rotatable bonds is 4. The van der Waals surface area contributed by atoms with Gasteiger partial charge in [-0.2, -0.15) is 0 Å². The summed E-state index contributed by atoms with van der Waals surface area (Å²) in [5, 5.41) is 0.239. The molecule has 5 heteroatoms. The third-order valence-electron chi connectivity index (χ3n) is 2.72. The van der Waals surface area contributed by atoms with Crippen molar-refractivity contribution in [3.8, 4) is 0 Å². The first kappa shape index (κ1) is 13.9. The van der Waals surface area contributed by atoms with Gasteiger partial charge >= 0.3 is 0 Å². The van der Waals surface area contributed by atoms with Gasteiger partial charge in [0.25, 0.3) is 10.0 Å². The van der Waals surface area contributed by atoms with Crippen molar-refractivity contribution >= 4 is 27.3 Å². The van der Waals surface area contributed by atoms with Crippen LogP contribution in [0.3, 0.4) is 0 Å². The predicted octanol–water partition coefficient (Wildman–Crippen LogP) is 3.70. The molecule has 0 amide bonds. The number of sulfonamides is 1. The molecule has 100 valence electrons. The van der Waals surface area contributed by atoms with E-state index in [1.807, 2.05) is 13.0 Å². The molecule has 2 aromatic carbocycles. The lowest BCUT2D eigenvalue weighted by Crippen LogP contribution is -2.13. The van der Waals surface area contributed by atoms with Crippen LogP contribution in [0.15, 0.2) is 53.4 Å². The molecule has 0 heterocycles. The number of halogens is 1. The summed E-state index contributed by atoms with van der Waals surface area (Å²) in [6.45, 7) is 1.99. The third-order valence-corrected chi connectivity index (χ3v) is 4.58. The van der Waals surface area contributed by atoms with Gasteiger partial charge in [-0.1, -0.05) is 42.8 Å². The van der Waals surface area contributed by atoms with Crippen LogP contribution in [0.4, 0.5) is 5.69 Å². The SMILES string of the molecule is CCc1ccc(S(=O)(=O)Nc2ccccc2)c(Cl)c1. The highest BCUT2D eigenvalue weighted by Gasteiger charge is 2.17. The Morgan fingerprint density at radius 1 is 1.11 bits per heavy atom. The van der Waals surface area contributed by atoms with Crippen molar-refractivity contribution in [3.05, 3.63) is 59.1 Å². The van der Waals surface area contributed by atoms with E-state index in [0.29, 0.717) is 5.69 Å². The van der Waals surface area contributed by atoms with Crippen molar-refractivity contribution < 1.29 is 8.42 Å². The number of hydrogen-bond donors (Lipinski definition) is 1. The molecule has 3 nitrogen and oxygen atoms in total. The molecule has 0 aliphatic rings. The van der Waals surface area contributed by atoms with Crippen LogP contribution in [-0.4, -0.2) is 8.42 Å². The summed E-state index contributed by atoms with van der Waals surface area (Å²) < 4.78 is 27.0. The van der Waals surface area contributed by atoms with Crippen molar-refractivity contribution in [1.82, 2.24) is 0 Å². The van der Waals surface area contributed by atoms with Crippen molar-refractivity contribution in [3.63, 3.8) is 0 Å². The Morgan fingerprint density at radius 3 is 2.37 bits per heavy atom. The maximum absolute atomic E-state index is 12.2. The van der Waals surface area contributed by atoms with Gasteiger partial charge in [-0.15, -0.1) is 0 Å². The summed E-state index contributed by atoms with van der Waals surface area (Å²) in [5.74, 6) is 0. The fourth-order valence-corrected chi connectivity index (χ4v) is 3.33. The van der Waals surface area contributed by atoms with E-state index in [1.54, 1.807) is 36.4 Å². The second-order valence-corrected chi connectivity index (χ2v) is 6.15. The Hall–Kier alpha value is -1.52. The molecule has 0 unspecified atom stereocenters. The third kappa shape index (κ3) is 3.28. The molecule has 2 rings (SSSR count). The highest BCUT2D eigenvalue weighted by atomic mass is 35.5. The first-order chi connectivity index (χ1) is 9.03. The number of para-hydroxylation sites is 1. The van der Waals surface area contributed by atoms with Crippen LogP contribution in [0, 0.1) is 0 Å². The second-order valence-electron chi connectivity index (χ2n) is 4.09. The Balaban J connectivity index is 2.35. The molecule has 0 aliphatic carbocycles. The molecule has 0 aliphatic heterocycles. The summed E-state index contributed by atoms with van der Waals surface area (Å²) in [5.41, 5.74) is 1.52. The standard InChI is InChI=1S/C14H14ClNO2S/c1-2-11-8-9-14(13(15)10-11)19(17,18)16-12-6-4-3-5-7-12/h3-10,16H,2H2,1H3. The average molecular weight is 296 g/mol. The molecule has 0 spiro atoms. The van der Waals surface area contributed by atoms with Gasteiger partial charge < -0.3 is 0 Å². The zero-order chi connectivity index (χ0) is 13.9. The maximum atomic E-state index is 12.2. The first-order valence-electron chi connectivity index (χ1n) is 5.89. The summed E-state index contributed by atoms with van der Waals surface area (Å²) in [6, 6.07) is 13.7. The molecule has 1 N–H and O–H groups in total. The topological polar surface area (TPSA) is 46.2 Å². The molecule has 0 fully saturated rings. The van der Waals surface area contributed by atoms with Gasteiger partial charge in [0.05, 0.1) is 5.02 Å². The predicted molar refractivity (Wildman–Crippen MR) is 78.1 cm³/mol. The summed E-state index contributed by atoms with van der Waals surface area (Å²) in [6.07, 6.45) is 0.812. The number of nitrogens with one attached hydrogen (secondary N) is 1. The zero-order valence-electron chi connectivity index (χ0n) is 10.4. The molecule has 0 saturated carbocycles. The maximum Gasteiger partial charge on any atom is 0.263 e. The van der Waals surface area contributed by atoms with Gasteiger partial charge in [-0.25, -0.2) is 8.42 Å². The smallest absolute Gasteiger partial charge is 0.263 e. The van der Waals surface area contributed by atoms with Crippen molar-refractivity contribution in [2.75, 3.05) is 4.72 Å². The van der Waals surface area contributed by atoms with Crippen LogP contribution in [0.2, 0.25) is 5.02 Å². The Kier molecular flexibility index (Phi) is 4.12. The van der Waals surface area contributed by atoms with E-state index in [1.165, 1.54) is 6.07 Å². The van der Waals surface area contributed by atoms with Crippen LogP contribution < -0.4 is 4.72 Å². The summed E-state index contributed by atoms with van der Waals surface area (Å²) >= 11 is 6.04. The molecule has 0 atom stereocenters. The van der Waals surface area contributed by atoms with Gasteiger partial charge in [0, 0.05) is 5.69 Å². The van der Waals surface area contributed by atoms with E-state index >= 15 is 0 Å². The quantitative estimate of drug-likeness (QED) is 0.935. The molecule has 0 aromatic heterocycles. The van der Waals surface area contributed by atoms with E-state index in [2.05, 4.69) is 4.72 Å². The lowest BCUT2D eigenvalue weighted by atomic mass is 10.2. The van der Waals surface area contributed by atoms with Crippen molar-refractivity contribution in [2.24, 2.45) is 0 Å². The summed E-state index contributed by atoms with van der Waals surface area (Å²) in [4.78, 5) is 0.0928.